The number of nitrogens with zero attached hydrogens (tertiary/aromatic N) is 3. The number of Topliss-reactive ketones (excluding diaryl/α,β-unsaturated/α-hetero) is 1. The van der Waals surface area contributed by atoms with Gasteiger partial charge in [0.1, 0.15) is 5.52 Å². The van der Waals surface area contributed by atoms with Gasteiger partial charge in [-0.3, -0.25) is 9.59 Å². The van der Waals surface area contributed by atoms with Gasteiger partial charge in [-0.1, -0.05) is 12.1 Å². The quantitative estimate of drug-likeness (QED) is 0.680. The van der Waals surface area contributed by atoms with Crippen molar-refractivity contribution < 1.29 is 14.0 Å². The Kier molecular flexibility index (Phi) is 3.77. The highest BCUT2D eigenvalue weighted by Gasteiger charge is 2.29. The normalized spacial score (nSPS) is 14.1. The Labute approximate surface area is 149 Å². The van der Waals surface area contributed by atoms with Crippen LogP contribution in [0.5, 0.6) is 0 Å². The number of oxazole rings is 1. The number of hydrogen-bond acceptors (Lipinski definition) is 5. The van der Waals surface area contributed by atoms with E-state index in [9.17, 15) is 14.9 Å². The van der Waals surface area contributed by atoms with Crippen molar-refractivity contribution >= 4 is 28.5 Å². The van der Waals surface area contributed by atoms with Gasteiger partial charge in [0.2, 0.25) is 11.8 Å². The van der Waals surface area contributed by atoms with E-state index < -0.39 is 5.92 Å². The van der Waals surface area contributed by atoms with Crippen LogP contribution in [0.25, 0.3) is 11.1 Å². The molecule has 1 aliphatic heterocycles. The summed E-state index contributed by atoms with van der Waals surface area (Å²) in [5.41, 5.74) is 3.33. The molecule has 0 saturated heterocycles. The largest absolute Gasteiger partial charge is 0.439 e. The van der Waals surface area contributed by atoms with Gasteiger partial charge in [-0.2, -0.15) is 5.26 Å². The molecular weight excluding hydrogens is 330 g/mol. The summed E-state index contributed by atoms with van der Waals surface area (Å²) in [6.07, 6.45) is 0.691. The van der Waals surface area contributed by atoms with Crippen molar-refractivity contribution in [2.45, 2.75) is 19.3 Å². The van der Waals surface area contributed by atoms with Gasteiger partial charge in [-0.05, 0) is 42.3 Å². The maximum absolute atomic E-state index is 12.9. The van der Waals surface area contributed by atoms with Crippen LogP contribution in [0.1, 0.15) is 34.7 Å². The Morgan fingerprint density at radius 2 is 2.08 bits per heavy atom. The fourth-order valence-corrected chi connectivity index (χ4v) is 3.29. The first-order chi connectivity index (χ1) is 12.6. The van der Waals surface area contributed by atoms with Gasteiger partial charge in [-0.25, -0.2) is 4.98 Å². The van der Waals surface area contributed by atoms with E-state index in [0.29, 0.717) is 29.6 Å². The van der Waals surface area contributed by atoms with Gasteiger partial charge < -0.3 is 9.32 Å². The van der Waals surface area contributed by atoms with Gasteiger partial charge in [0.25, 0.3) is 0 Å². The van der Waals surface area contributed by atoms with Gasteiger partial charge >= 0.3 is 0 Å². The molecule has 0 radical (unpaired) electrons. The first-order valence-corrected chi connectivity index (χ1v) is 8.29. The lowest BCUT2D eigenvalue weighted by Crippen LogP contribution is -2.25. The molecule has 1 atom stereocenters. The first-order valence-electron chi connectivity index (χ1n) is 8.29. The third-order valence-corrected chi connectivity index (χ3v) is 4.59. The molecular formula is C20H15N3O3. The second kappa shape index (κ2) is 6.12. The number of hydrogen-bond donors (Lipinski definition) is 0. The third-order valence-electron chi connectivity index (χ3n) is 4.59. The van der Waals surface area contributed by atoms with Crippen LogP contribution in [0.3, 0.4) is 0 Å². The summed E-state index contributed by atoms with van der Waals surface area (Å²) in [6.45, 7) is 2.13. The van der Waals surface area contributed by atoms with E-state index in [1.54, 1.807) is 35.2 Å². The minimum Gasteiger partial charge on any atom is -0.439 e. The predicted molar refractivity (Wildman–Crippen MR) is 94.9 cm³/mol. The number of carbonyl (C=O) groups excluding carboxylic acids is 2. The summed E-state index contributed by atoms with van der Waals surface area (Å²) >= 11 is 0. The average Bonchev–Trinajstić information content (AvgIpc) is 3.25. The second-order valence-corrected chi connectivity index (χ2v) is 6.21. The van der Waals surface area contributed by atoms with Crippen LogP contribution in [0.2, 0.25) is 0 Å². The number of amides is 1. The highest BCUT2D eigenvalue weighted by molar-refractivity contribution is 6.03. The minimum absolute atomic E-state index is 0.0239. The molecule has 128 valence electrons. The lowest BCUT2D eigenvalue weighted by atomic mass is 9.96. The van der Waals surface area contributed by atoms with E-state index in [2.05, 4.69) is 4.98 Å². The maximum atomic E-state index is 12.9. The van der Waals surface area contributed by atoms with Crippen molar-refractivity contribution in [2.24, 2.45) is 0 Å². The average molecular weight is 345 g/mol. The summed E-state index contributed by atoms with van der Waals surface area (Å²) in [7, 11) is 0. The molecule has 1 aromatic heterocycles. The predicted octanol–water partition coefficient (Wildman–Crippen LogP) is 3.23. The molecule has 0 aliphatic carbocycles. The Balaban J connectivity index is 1.68. The van der Waals surface area contributed by atoms with Gasteiger partial charge in [0.15, 0.2) is 17.3 Å². The number of para-hydroxylation sites is 2. The number of rotatable bonds is 3. The number of aromatic nitrogens is 1. The second-order valence-electron chi connectivity index (χ2n) is 6.21. The molecule has 6 heteroatoms. The van der Waals surface area contributed by atoms with Crippen LogP contribution in [0, 0.1) is 11.3 Å². The van der Waals surface area contributed by atoms with E-state index in [-0.39, 0.29) is 17.6 Å². The molecule has 0 fully saturated rings. The van der Waals surface area contributed by atoms with Gasteiger partial charge in [-0.15, -0.1) is 0 Å². The van der Waals surface area contributed by atoms with E-state index in [0.717, 1.165) is 11.3 Å². The minimum atomic E-state index is -1.11. The molecule has 0 spiro atoms. The number of benzene rings is 2. The zero-order valence-corrected chi connectivity index (χ0v) is 14.1. The number of nitriles is 1. The monoisotopic (exact) mass is 345 g/mol. The van der Waals surface area contributed by atoms with E-state index in [1.807, 2.05) is 18.2 Å². The number of anilines is 1. The zero-order chi connectivity index (χ0) is 18.3. The molecule has 4 rings (SSSR count). The molecule has 0 unspecified atom stereocenters. The molecule has 0 bridgehead atoms. The molecule has 0 saturated carbocycles. The van der Waals surface area contributed by atoms with Crippen LogP contribution in [0.15, 0.2) is 46.9 Å². The summed E-state index contributed by atoms with van der Waals surface area (Å²) in [5, 5.41) is 9.52. The molecule has 2 aromatic carbocycles. The molecule has 6 nitrogen and oxygen atoms in total. The highest BCUT2D eigenvalue weighted by atomic mass is 16.3. The van der Waals surface area contributed by atoms with Crippen molar-refractivity contribution in [3.05, 3.63) is 59.5 Å². The van der Waals surface area contributed by atoms with Crippen molar-refractivity contribution in [3.63, 3.8) is 0 Å². The van der Waals surface area contributed by atoms with Crippen LogP contribution in [-0.4, -0.2) is 23.2 Å². The Bertz CT molecular complexity index is 1040. The summed E-state index contributed by atoms with van der Waals surface area (Å²) in [5.74, 6) is -1.39. The van der Waals surface area contributed by atoms with Crippen LogP contribution < -0.4 is 4.90 Å². The van der Waals surface area contributed by atoms with Gasteiger partial charge in [0.05, 0.1) is 6.07 Å². The molecule has 0 N–H and O–H groups in total. The fraction of sp³-hybridized carbons (Fsp3) is 0.200. The van der Waals surface area contributed by atoms with E-state index in [4.69, 9.17) is 4.42 Å². The van der Waals surface area contributed by atoms with Gasteiger partial charge in [0, 0.05) is 24.7 Å². The highest BCUT2D eigenvalue weighted by Crippen LogP contribution is 2.31. The molecule has 26 heavy (non-hydrogen) atoms. The summed E-state index contributed by atoms with van der Waals surface area (Å²) in [4.78, 5) is 30.5. The zero-order valence-electron chi connectivity index (χ0n) is 14.1. The van der Waals surface area contributed by atoms with Crippen molar-refractivity contribution in [1.82, 2.24) is 4.98 Å². The smallest absolute Gasteiger partial charge is 0.223 e. The standard InChI is InChI=1S/C20H15N3O3/c1-12(24)23-9-8-13-10-14(6-7-17(13)23)19(25)15(11-21)20-22-16-4-2-3-5-18(16)26-20/h2-7,10,15H,8-9H2,1H3/t15-/m1/s1. The Morgan fingerprint density at radius 3 is 2.81 bits per heavy atom. The third kappa shape index (κ3) is 2.54. The number of fused-ring (bicyclic) bond motifs is 2. The molecule has 1 amide bonds. The Hall–Kier alpha value is -3.46. The summed E-state index contributed by atoms with van der Waals surface area (Å²) < 4.78 is 5.60. The topological polar surface area (TPSA) is 87.2 Å². The molecule has 1 aliphatic rings. The van der Waals surface area contributed by atoms with Crippen LogP contribution in [-0.2, 0) is 11.2 Å². The Morgan fingerprint density at radius 1 is 1.27 bits per heavy atom. The molecule has 2 heterocycles. The first kappa shape index (κ1) is 16.0. The number of carbonyl (C=O) groups is 2. The fourth-order valence-electron chi connectivity index (χ4n) is 3.29. The lowest BCUT2D eigenvalue weighted by molar-refractivity contribution is -0.116. The van der Waals surface area contributed by atoms with Crippen molar-refractivity contribution in [2.75, 3.05) is 11.4 Å². The lowest BCUT2D eigenvalue weighted by Gasteiger charge is -2.14. The molecule has 3 aromatic rings. The van der Waals surface area contributed by atoms with E-state index >= 15 is 0 Å². The number of ketones is 1. The van der Waals surface area contributed by atoms with Crippen molar-refractivity contribution in [1.29, 1.82) is 5.26 Å². The maximum Gasteiger partial charge on any atom is 0.223 e. The van der Waals surface area contributed by atoms with E-state index in [1.165, 1.54) is 6.92 Å². The van der Waals surface area contributed by atoms with Crippen LogP contribution in [0.4, 0.5) is 5.69 Å². The van der Waals surface area contributed by atoms with Crippen molar-refractivity contribution in [3.8, 4) is 6.07 Å². The SMILES string of the molecule is CC(=O)N1CCc2cc(C(=O)[C@@H](C#N)c3nc4ccccc4o3)ccc21. The van der Waals surface area contributed by atoms with Crippen LogP contribution >= 0.6 is 0 Å². The summed E-state index contributed by atoms with van der Waals surface area (Å²) in [6, 6.07) is 14.3.